The van der Waals surface area contributed by atoms with Crippen LogP contribution in [0.1, 0.15) is 25.7 Å². The summed E-state index contributed by atoms with van der Waals surface area (Å²) in [4.78, 5) is 11.5. The highest BCUT2D eigenvalue weighted by molar-refractivity contribution is 9.10. The monoisotopic (exact) mass is 315 g/mol. The summed E-state index contributed by atoms with van der Waals surface area (Å²) in [6, 6.07) is 0. The molecule has 2 atom stereocenters. The molecule has 6 heteroatoms. The molecule has 0 amide bonds. The SMILES string of the molecule is CNC1(C(=O)O)CCCC1CCn1cc(Br)cn1. The van der Waals surface area contributed by atoms with Gasteiger partial charge in [0.25, 0.3) is 0 Å². The van der Waals surface area contributed by atoms with Gasteiger partial charge in [0.2, 0.25) is 0 Å². The summed E-state index contributed by atoms with van der Waals surface area (Å²) in [6.07, 6.45) is 7.15. The van der Waals surface area contributed by atoms with Gasteiger partial charge in [-0.3, -0.25) is 9.48 Å². The minimum absolute atomic E-state index is 0.169. The maximum atomic E-state index is 11.5. The van der Waals surface area contributed by atoms with Gasteiger partial charge in [0.15, 0.2) is 0 Å². The molecule has 0 aliphatic heterocycles. The van der Waals surface area contributed by atoms with Gasteiger partial charge in [-0.2, -0.15) is 5.10 Å². The first-order chi connectivity index (χ1) is 8.58. The standard InChI is InChI=1S/C12H18BrN3O2/c1-14-12(11(17)18)5-2-3-9(12)4-6-16-8-10(13)7-15-16/h7-9,14H,2-6H2,1H3,(H,17,18). The van der Waals surface area contributed by atoms with E-state index in [0.29, 0.717) is 6.42 Å². The number of hydrogen-bond acceptors (Lipinski definition) is 3. The number of nitrogens with one attached hydrogen (secondary N) is 1. The molecule has 2 rings (SSSR count). The Hall–Kier alpha value is -0.880. The minimum Gasteiger partial charge on any atom is -0.480 e. The normalized spacial score (nSPS) is 27.6. The van der Waals surface area contributed by atoms with Gasteiger partial charge in [0, 0.05) is 12.7 Å². The van der Waals surface area contributed by atoms with Crippen LogP contribution in [-0.4, -0.2) is 33.4 Å². The quantitative estimate of drug-likeness (QED) is 0.870. The van der Waals surface area contributed by atoms with E-state index >= 15 is 0 Å². The van der Waals surface area contributed by atoms with Crippen molar-refractivity contribution in [1.29, 1.82) is 0 Å². The summed E-state index contributed by atoms with van der Waals surface area (Å²) in [6.45, 7) is 0.757. The number of likely N-dealkylation sites (N-methyl/N-ethyl adjacent to an activating group) is 1. The maximum absolute atomic E-state index is 11.5. The molecule has 0 bridgehead atoms. The Bertz CT molecular complexity index is 435. The first-order valence-corrected chi connectivity index (χ1v) is 6.98. The van der Waals surface area contributed by atoms with E-state index in [2.05, 4.69) is 26.3 Å². The number of hydrogen-bond donors (Lipinski definition) is 2. The van der Waals surface area contributed by atoms with Gasteiger partial charge in [-0.15, -0.1) is 0 Å². The molecule has 1 heterocycles. The largest absolute Gasteiger partial charge is 0.480 e. The maximum Gasteiger partial charge on any atom is 0.324 e. The smallest absolute Gasteiger partial charge is 0.324 e. The highest BCUT2D eigenvalue weighted by Gasteiger charge is 2.47. The molecule has 5 nitrogen and oxygen atoms in total. The van der Waals surface area contributed by atoms with Crippen molar-refractivity contribution in [2.45, 2.75) is 37.8 Å². The lowest BCUT2D eigenvalue weighted by molar-refractivity contribution is -0.146. The molecule has 0 radical (unpaired) electrons. The second kappa shape index (κ2) is 5.40. The number of aromatic nitrogens is 2. The van der Waals surface area contributed by atoms with Crippen LogP contribution in [0, 0.1) is 5.92 Å². The Morgan fingerprint density at radius 1 is 1.78 bits per heavy atom. The van der Waals surface area contributed by atoms with Crippen molar-refractivity contribution in [1.82, 2.24) is 15.1 Å². The molecule has 1 aromatic rings. The predicted octanol–water partition coefficient (Wildman–Crippen LogP) is 1.88. The Labute approximate surface area is 115 Å². The number of carboxylic acid groups (broad SMARTS) is 1. The molecular weight excluding hydrogens is 298 g/mol. The van der Waals surface area contributed by atoms with Crippen LogP contribution in [0.25, 0.3) is 0 Å². The second-order valence-corrected chi connectivity index (χ2v) is 5.74. The summed E-state index contributed by atoms with van der Waals surface area (Å²) in [5, 5.41) is 16.7. The van der Waals surface area contributed by atoms with E-state index in [4.69, 9.17) is 0 Å². The lowest BCUT2D eigenvalue weighted by atomic mass is 9.85. The summed E-state index contributed by atoms with van der Waals surface area (Å²) in [5.74, 6) is -0.558. The van der Waals surface area contributed by atoms with Gasteiger partial charge in [-0.1, -0.05) is 6.42 Å². The van der Waals surface area contributed by atoms with Gasteiger partial charge in [0.05, 0.1) is 10.7 Å². The number of rotatable bonds is 5. The van der Waals surface area contributed by atoms with E-state index in [-0.39, 0.29) is 5.92 Å². The molecule has 2 unspecified atom stereocenters. The molecule has 2 N–H and O–H groups in total. The number of aliphatic carboxylic acids is 1. The molecule has 1 aliphatic carbocycles. The van der Waals surface area contributed by atoms with E-state index in [1.54, 1.807) is 13.2 Å². The summed E-state index contributed by atoms with van der Waals surface area (Å²) in [5.41, 5.74) is -0.746. The number of carboxylic acids is 1. The van der Waals surface area contributed by atoms with Crippen LogP contribution in [0.5, 0.6) is 0 Å². The van der Waals surface area contributed by atoms with Gasteiger partial charge in [-0.25, -0.2) is 0 Å². The third kappa shape index (κ3) is 2.44. The van der Waals surface area contributed by atoms with Crippen LogP contribution < -0.4 is 5.32 Å². The fourth-order valence-corrected chi connectivity index (χ4v) is 3.26. The van der Waals surface area contributed by atoms with Crippen molar-refractivity contribution in [2.75, 3.05) is 7.05 Å². The van der Waals surface area contributed by atoms with Crippen LogP contribution >= 0.6 is 15.9 Å². The summed E-state index contributed by atoms with van der Waals surface area (Å²) >= 11 is 3.36. The van der Waals surface area contributed by atoms with Gasteiger partial charge < -0.3 is 10.4 Å². The third-order valence-electron chi connectivity index (χ3n) is 3.96. The molecule has 1 aliphatic rings. The summed E-state index contributed by atoms with van der Waals surface area (Å²) in [7, 11) is 1.75. The molecule has 1 aromatic heterocycles. The predicted molar refractivity (Wildman–Crippen MR) is 71.3 cm³/mol. The second-order valence-electron chi connectivity index (χ2n) is 4.83. The Morgan fingerprint density at radius 3 is 3.11 bits per heavy atom. The molecule has 0 spiro atoms. The average Bonchev–Trinajstić information content (AvgIpc) is 2.92. The number of nitrogens with zero attached hydrogens (tertiary/aromatic N) is 2. The fourth-order valence-electron chi connectivity index (χ4n) is 2.93. The van der Waals surface area contributed by atoms with Gasteiger partial charge in [0.1, 0.15) is 5.54 Å². The first-order valence-electron chi connectivity index (χ1n) is 6.19. The van der Waals surface area contributed by atoms with E-state index in [1.807, 2.05) is 10.9 Å². The van der Waals surface area contributed by atoms with Crippen LogP contribution in [-0.2, 0) is 11.3 Å². The van der Waals surface area contributed by atoms with Crippen LogP contribution in [0.15, 0.2) is 16.9 Å². The Morgan fingerprint density at radius 2 is 2.56 bits per heavy atom. The van der Waals surface area contributed by atoms with Crippen molar-refractivity contribution in [3.8, 4) is 0 Å². The zero-order chi connectivity index (χ0) is 13.2. The first kappa shape index (κ1) is 13.5. The molecule has 0 aromatic carbocycles. The van der Waals surface area contributed by atoms with Gasteiger partial charge >= 0.3 is 5.97 Å². The van der Waals surface area contributed by atoms with E-state index in [1.165, 1.54) is 0 Å². The molecular formula is C12H18BrN3O2. The van der Waals surface area contributed by atoms with E-state index < -0.39 is 11.5 Å². The lowest BCUT2D eigenvalue weighted by Gasteiger charge is -2.31. The van der Waals surface area contributed by atoms with Crippen LogP contribution in [0.3, 0.4) is 0 Å². The van der Waals surface area contributed by atoms with Crippen LogP contribution in [0.4, 0.5) is 0 Å². The topological polar surface area (TPSA) is 67.2 Å². The zero-order valence-electron chi connectivity index (χ0n) is 10.4. The fraction of sp³-hybridized carbons (Fsp3) is 0.667. The highest BCUT2D eigenvalue weighted by atomic mass is 79.9. The number of carbonyl (C=O) groups is 1. The third-order valence-corrected chi connectivity index (χ3v) is 4.37. The molecule has 18 heavy (non-hydrogen) atoms. The number of aryl methyl sites for hydroxylation is 1. The minimum atomic E-state index is -0.746. The van der Waals surface area contributed by atoms with Crippen molar-refractivity contribution >= 4 is 21.9 Å². The lowest BCUT2D eigenvalue weighted by Crippen LogP contribution is -2.53. The van der Waals surface area contributed by atoms with Gasteiger partial charge in [-0.05, 0) is 48.2 Å². The molecule has 1 saturated carbocycles. The molecule has 0 saturated heterocycles. The van der Waals surface area contributed by atoms with E-state index in [9.17, 15) is 9.90 Å². The van der Waals surface area contributed by atoms with E-state index in [0.717, 1.165) is 30.3 Å². The zero-order valence-corrected chi connectivity index (χ0v) is 12.0. The Kier molecular flexibility index (Phi) is 4.07. The summed E-state index contributed by atoms with van der Waals surface area (Å²) < 4.78 is 2.80. The van der Waals surface area contributed by atoms with Crippen molar-refractivity contribution in [3.05, 3.63) is 16.9 Å². The van der Waals surface area contributed by atoms with Crippen molar-refractivity contribution in [3.63, 3.8) is 0 Å². The van der Waals surface area contributed by atoms with Crippen molar-refractivity contribution in [2.24, 2.45) is 5.92 Å². The average molecular weight is 316 g/mol. The van der Waals surface area contributed by atoms with Crippen LogP contribution in [0.2, 0.25) is 0 Å². The Balaban J connectivity index is 2.01. The van der Waals surface area contributed by atoms with Crippen molar-refractivity contribution < 1.29 is 9.90 Å². The number of halogens is 1. The highest BCUT2D eigenvalue weighted by Crippen LogP contribution is 2.38. The molecule has 1 fully saturated rings. The molecule has 100 valence electrons.